The van der Waals surface area contributed by atoms with E-state index in [9.17, 15) is 9.59 Å². The van der Waals surface area contributed by atoms with E-state index in [1.54, 1.807) is 6.33 Å². The highest BCUT2D eigenvalue weighted by molar-refractivity contribution is 6.30. The van der Waals surface area contributed by atoms with Gasteiger partial charge < -0.3 is 19.5 Å². The summed E-state index contributed by atoms with van der Waals surface area (Å²) in [6.45, 7) is 2.12. The smallest absolute Gasteiger partial charge is 0.274 e. The average Bonchev–Trinajstić information content (AvgIpc) is 3.28. The molecule has 0 unspecified atom stereocenters. The second-order valence-electron chi connectivity index (χ2n) is 9.45. The maximum atomic E-state index is 13.2. The fourth-order valence-corrected chi connectivity index (χ4v) is 5.37. The molecule has 176 valence electrons. The normalized spacial score (nSPS) is 22.1. The quantitative estimate of drug-likeness (QED) is 0.729. The SMILES string of the molecule is O=C(NC1CCCCC1)C1CCN(C(=O)c2ncn3c2CO[C@H](c2ccc(Cl)cc2)C3)CC1. The van der Waals surface area contributed by atoms with Crippen molar-refractivity contribution in [1.29, 1.82) is 0 Å². The van der Waals surface area contributed by atoms with Gasteiger partial charge in [-0.2, -0.15) is 0 Å². The van der Waals surface area contributed by atoms with Crippen LogP contribution >= 0.6 is 11.6 Å². The van der Waals surface area contributed by atoms with E-state index in [0.717, 1.165) is 24.1 Å². The van der Waals surface area contributed by atoms with Gasteiger partial charge in [0.05, 0.1) is 25.2 Å². The van der Waals surface area contributed by atoms with Crippen LogP contribution in [0.2, 0.25) is 5.02 Å². The van der Waals surface area contributed by atoms with Gasteiger partial charge in [0.1, 0.15) is 6.10 Å². The minimum absolute atomic E-state index is 0.00430. The van der Waals surface area contributed by atoms with Crippen LogP contribution in [0.4, 0.5) is 0 Å². The number of nitrogens with zero attached hydrogens (tertiary/aromatic N) is 3. The molecular weight excluding hydrogens is 440 g/mol. The van der Waals surface area contributed by atoms with Crippen LogP contribution in [0.5, 0.6) is 0 Å². The predicted molar refractivity (Wildman–Crippen MR) is 125 cm³/mol. The zero-order chi connectivity index (χ0) is 22.8. The van der Waals surface area contributed by atoms with E-state index in [0.29, 0.717) is 55.8 Å². The van der Waals surface area contributed by atoms with E-state index >= 15 is 0 Å². The van der Waals surface area contributed by atoms with Gasteiger partial charge in [0, 0.05) is 30.1 Å². The molecule has 0 spiro atoms. The number of hydrogen-bond donors (Lipinski definition) is 1. The molecule has 2 amide bonds. The molecular formula is C25H31ClN4O3. The van der Waals surface area contributed by atoms with Crippen molar-refractivity contribution in [2.24, 2.45) is 5.92 Å². The molecule has 1 saturated heterocycles. The summed E-state index contributed by atoms with van der Waals surface area (Å²) in [5.41, 5.74) is 2.34. The van der Waals surface area contributed by atoms with E-state index in [4.69, 9.17) is 16.3 Å². The Morgan fingerprint density at radius 2 is 1.76 bits per heavy atom. The first-order valence-electron chi connectivity index (χ1n) is 12.1. The van der Waals surface area contributed by atoms with Crippen LogP contribution < -0.4 is 5.32 Å². The number of amides is 2. The summed E-state index contributed by atoms with van der Waals surface area (Å²) in [5.74, 6) is 0.0915. The molecule has 1 saturated carbocycles. The fourth-order valence-electron chi connectivity index (χ4n) is 5.25. The number of nitrogens with one attached hydrogen (secondary N) is 1. The minimum atomic E-state index is -0.0923. The van der Waals surface area contributed by atoms with Crippen molar-refractivity contribution in [2.75, 3.05) is 13.1 Å². The summed E-state index contributed by atoms with van der Waals surface area (Å²) in [4.78, 5) is 32.1. The highest BCUT2D eigenvalue weighted by atomic mass is 35.5. The monoisotopic (exact) mass is 470 g/mol. The van der Waals surface area contributed by atoms with Crippen molar-refractivity contribution in [2.45, 2.75) is 70.2 Å². The molecule has 1 aromatic carbocycles. The lowest BCUT2D eigenvalue weighted by molar-refractivity contribution is -0.127. The maximum Gasteiger partial charge on any atom is 0.274 e. The van der Waals surface area contributed by atoms with Gasteiger partial charge in [-0.15, -0.1) is 0 Å². The molecule has 7 nitrogen and oxygen atoms in total. The molecule has 1 aromatic heterocycles. The van der Waals surface area contributed by atoms with Crippen molar-refractivity contribution in [3.05, 3.63) is 52.6 Å². The van der Waals surface area contributed by atoms with Gasteiger partial charge in [0.25, 0.3) is 5.91 Å². The second kappa shape index (κ2) is 9.85. The van der Waals surface area contributed by atoms with E-state index < -0.39 is 0 Å². The van der Waals surface area contributed by atoms with Crippen LogP contribution in [-0.4, -0.2) is 45.4 Å². The van der Waals surface area contributed by atoms with E-state index in [2.05, 4.69) is 10.3 Å². The van der Waals surface area contributed by atoms with E-state index in [1.165, 1.54) is 19.3 Å². The molecule has 33 heavy (non-hydrogen) atoms. The molecule has 0 radical (unpaired) electrons. The van der Waals surface area contributed by atoms with Crippen LogP contribution in [0, 0.1) is 5.92 Å². The molecule has 2 aliphatic heterocycles. The number of ether oxygens (including phenoxy) is 1. The van der Waals surface area contributed by atoms with Crippen molar-refractivity contribution in [3.63, 3.8) is 0 Å². The molecule has 8 heteroatoms. The Balaban J connectivity index is 1.17. The summed E-state index contributed by atoms with van der Waals surface area (Å²) in [6, 6.07) is 7.99. The number of imidazole rings is 1. The van der Waals surface area contributed by atoms with Crippen LogP contribution in [0.25, 0.3) is 0 Å². The molecule has 3 aliphatic rings. The summed E-state index contributed by atoms with van der Waals surface area (Å²) < 4.78 is 8.07. The molecule has 1 N–H and O–H groups in total. The standard InChI is InChI=1S/C25H31ClN4O3/c26-19-8-6-17(7-9-19)22-14-30-16-27-23(21(30)15-33-22)25(32)29-12-10-18(11-13-29)24(31)28-20-4-2-1-3-5-20/h6-9,16,18,20,22H,1-5,10-15H2,(H,28,31)/t22-/m0/s1. The van der Waals surface area contributed by atoms with Crippen LogP contribution in [0.15, 0.2) is 30.6 Å². The van der Waals surface area contributed by atoms with Gasteiger partial charge in [-0.05, 0) is 43.4 Å². The summed E-state index contributed by atoms with van der Waals surface area (Å²) in [5, 5.41) is 3.94. The topological polar surface area (TPSA) is 76.5 Å². The maximum absolute atomic E-state index is 13.2. The zero-order valence-corrected chi connectivity index (χ0v) is 19.6. The average molecular weight is 471 g/mol. The van der Waals surface area contributed by atoms with Crippen molar-refractivity contribution in [1.82, 2.24) is 19.8 Å². The molecule has 5 rings (SSSR count). The van der Waals surface area contributed by atoms with Crippen molar-refractivity contribution < 1.29 is 14.3 Å². The lowest BCUT2D eigenvalue weighted by atomic mass is 9.92. The Kier molecular flexibility index (Phi) is 6.69. The van der Waals surface area contributed by atoms with Gasteiger partial charge in [0.2, 0.25) is 5.91 Å². The number of piperidine rings is 1. The van der Waals surface area contributed by atoms with Crippen molar-refractivity contribution in [3.8, 4) is 0 Å². The third-order valence-electron chi connectivity index (χ3n) is 7.28. The van der Waals surface area contributed by atoms with E-state index in [1.807, 2.05) is 33.7 Å². The van der Waals surface area contributed by atoms with Gasteiger partial charge >= 0.3 is 0 Å². The largest absolute Gasteiger partial charge is 0.365 e. The van der Waals surface area contributed by atoms with E-state index in [-0.39, 0.29) is 23.8 Å². The predicted octanol–water partition coefficient (Wildman–Crippen LogP) is 4.11. The number of hydrogen-bond acceptors (Lipinski definition) is 4. The van der Waals surface area contributed by atoms with Crippen molar-refractivity contribution >= 4 is 23.4 Å². The molecule has 1 atom stereocenters. The summed E-state index contributed by atoms with van der Waals surface area (Å²) >= 11 is 5.99. The minimum Gasteiger partial charge on any atom is -0.365 e. The second-order valence-corrected chi connectivity index (χ2v) is 9.89. The number of fused-ring (bicyclic) bond motifs is 1. The lowest BCUT2D eigenvalue weighted by Gasteiger charge is -2.33. The van der Waals surface area contributed by atoms with Gasteiger partial charge in [-0.25, -0.2) is 4.98 Å². The highest BCUT2D eigenvalue weighted by Crippen LogP contribution is 2.29. The number of rotatable bonds is 4. The third kappa shape index (κ3) is 4.94. The third-order valence-corrected chi connectivity index (χ3v) is 7.53. The van der Waals surface area contributed by atoms with Crippen LogP contribution in [0.1, 0.15) is 72.8 Å². The number of benzene rings is 1. The lowest BCUT2D eigenvalue weighted by Crippen LogP contribution is -2.46. The summed E-state index contributed by atoms with van der Waals surface area (Å²) in [6.07, 6.45) is 8.92. The zero-order valence-electron chi connectivity index (χ0n) is 18.8. The molecule has 3 heterocycles. The van der Waals surface area contributed by atoms with Gasteiger partial charge in [0.15, 0.2) is 5.69 Å². The Hall–Kier alpha value is -2.38. The number of halogens is 1. The van der Waals surface area contributed by atoms with Crippen LogP contribution in [-0.2, 0) is 22.7 Å². The highest BCUT2D eigenvalue weighted by Gasteiger charge is 2.32. The first-order valence-corrected chi connectivity index (χ1v) is 12.5. The first kappa shape index (κ1) is 22.4. The van der Waals surface area contributed by atoms with Gasteiger partial charge in [-0.3, -0.25) is 9.59 Å². The Labute approximate surface area is 199 Å². The molecule has 0 bridgehead atoms. The summed E-state index contributed by atoms with van der Waals surface area (Å²) in [7, 11) is 0. The Morgan fingerprint density at radius 3 is 2.48 bits per heavy atom. The Morgan fingerprint density at radius 1 is 1.03 bits per heavy atom. The number of aromatic nitrogens is 2. The Bertz CT molecular complexity index is 992. The number of carbonyl (C=O) groups is 2. The molecule has 2 aromatic rings. The van der Waals surface area contributed by atoms with Gasteiger partial charge in [-0.1, -0.05) is 43.0 Å². The number of carbonyl (C=O) groups excluding carboxylic acids is 2. The molecule has 2 fully saturated rings. The fraction of sp³-hybridized carbons (Fsp3) is 0.560. The number of likely N-dealkylation sites (tertiary alicyclic amines) is 1. The molecule has 1 aliphatic carbocycles. The first-order chi connectivity index (χ1) is 16.1. The van der Waals surface area contributed by atoms with Crippen LogP contribution in [0.3, 0.4) is 0 Å².